The SMILES string of the molecule is Brc1ccc(C2CCNCC2)cc1.CC(C)(C)OC(=O)N1CCC(c2ccc(Br)cc2)CC1. The molecule has 180 valence electrons. The van der Waals surface area contributed by atoms with E-state index in [1.165, 1.54) is 41.5 Å². The first kappa shape index (κ1) is 26.2. The average molecular weight is 580 g/mol. The summed E-state index contributed by atoms with van der Waals surface area (Å²) in [5, 5.41) is 3.39. The van der Waals surface area contributed by atoms with Crippen molar-refractivity contribution in [3.05, 3.63) is 68.6 Å². The fourth-order valence-electron chi connectivity index (χ4n) is 4.35. The largest absolute Gasteiger partial charge is 0.444 e. The van der Waals surface area contributed by atoms with E-state index in [1.807, 2.05) is 25.7 Å². The van der Waals surface area contributed by atoms with Gasteiger partial charge in [0.1, 0.15) is 5.60 Å². The Hall–Kier alpha value is -1.37. The number of nitrogens with one attached hydrogen (secondary N) is 1. The Bertz CT molecular complexity index is 864. The van der Waals surface area contributed by atoms with Crippen LogP contribution in [-0.4, -0.2) is 42.8 Å². The molecule has 0 atom stereocenters. The number of hydrogen-bond donors (Lipinski definition) is 1. The van der Waals surface area contributed by atoms with Gasteiger partial charge in [0, 0.05) is 22.0 Å². The number of benzene rings is 2. The third-order valence-electron chi connectivity index (χ3n) is 6.17. The van der Waals surface area contributed by atoms with Gasteiger partial charge in [0.25, 0.3) is 0 Å². The highest BCUT2D eigenvalue weighted by Crippen LogP contribution is 2.29. The van der Waals surface area contributed by atoms with E-state index in [-0.39, 0.29) is 6.09 Å². The Kier molecular flexibility index (Phi) is 9.83. The Morgan fingerprint density at radius 2 is 1.24 bits per heavy atom. The Balaban J connectivity index is 0.000000203. The zero-order chi connectivity index (χ0) is 23.8. The van der Waals surface area contributed by atoms with Crippen molar-refractivity contribution >= 4 is 38.0 Å². The van der Waals surface area contributed by atoms with Crippen LogP contribution in [0, 0.1) is 0 Å². The van der Waals surface area contributed by atoms with E-state index < -0.39 is 5.60 Å². The third kappa shape index (κ3) is 8.73. The fourth-order valence-corrected chi connectivity index (χ4v) is 4.88. The molecule has 2 fully saturated rings. The molecule has 0 unspecified atom stereocenters. The summed E-state index contributed by atoms with van der Waals surface area (Å²) >= 11 is 6.91. The molecular formula is C27H36Br2N2O2. The highest BCUT2D eigenvalue weighted by atomic mass is 79.9. The molecule has 0 aromatic heterocycles. The number of ether oxygens (including phenoxy) is 1. The van der Waals surface area contributed by atoms with Gasteiger partial charge >= 0.3 is 6.09 Å². The van der Waals surface area contributed by atoms with E-state index in [2.05, 4.69) is 85.7 Å². The van der Waals surface area contributed by atoms with Crippen LogP contribution in [0.4, 0.5) is 4.79 Å². The van der Waals surface area contributed by atoms with E-state index in [0.29, 0.717) is 5.92 Å². The van der Waals surface area contributed by atoms with Crippen LogP contribution in [-0.2, 0) is 4.74 Å². The van der Waals surface area contributed by atoms with Gasteiger partial charge in [0.15, 0.2) is 0 Å². The molecule has 0 radical (unpaired) electrons. The molecular weight excluding hydrogens is 544 g/mol. The summed E-state index contributed by atoms with van der Waals surface area (Å²) in [6, 6.07) is 17.2. The van der Waals surface area contributed by atoms with Gasteiger partial charge in [-0.2, -0.15) is 0 Å². The topological polar surface area (TPSA) is 41.6 Å². The van der Waals surface area contributed by atoms with Crippen molar-refractivity contribution in [3.8, 4) is 0 Å². The van der Waals surface area contributed by atoms with Crippen LogP contribution in [0.3, 0.4) is 0 Å². The molecule has 2 aromatic carbocycles. The molecule has 2 aliphatic heterocycles. The standard InChI is InChI=1S/C16H22BrNO2.C11H14BrN/c1-16(2,3)20-15(19)18-10-8-13(9-11-18)12-4-6-14(17)7-5-12;12-11-3-1-9(2-4-11)10-5-7-13-8-6-10/h4-7,13H,8-11H2,1-3H3;1-4,10,13H,5-8H2. The summed E-state index contributed by atoms with van der Waals surface area (Å²) in [6.45, 7) is 9.59. The molecule has 1 amide bonds. The van der Waals surface area contributed by atoms with Gasteiger partial charge in [-0.05, 0) is 107 Å². The van der Waals surface area contributed by atoms with Crippen molar-refractivity contribution in [2.75, 3.05) is 26.2 Å². The summed E-state index contributed by atoms with van der Waals surface area (Å²) in [7, 11) is 0. The van der Waals surface area contributed by atoms with Gasteiger partial charge in [0.05, 0.1) is 0 Å². The molecule has 6 heteroatoms. The van der Waals surface area contributed by atoms with Crippen molar-refractivity contribution in [2.45, 2.75) is 63.9 Å². The lowest BCUT2D eigenvalue weighted by molar-refractivity contribution is 0.0205. The van der Waals surface area contributed by atoms with Crippen LogP contribution in [0.25, 0.3) is 0 Å². The number of likely N-dealkylation sites (tertiary alicyclic amines) is 1. The molecule has 0 spiro atoms. The second kappa shape index (κ2) is 12.4. The van der Waals surface area contributed by atoms with Crippen molar-refractivity contribution < 1.29 is 9.53 Å². The lowest BCUT2D eigenvalue weighted by Gasteiger charge is -2.33. The molecule has 33 heavy (non-hydrogen) atoms. The monoisotopic (exact) mass is 578 g/mol. The summed E-state index contributed by atoms with van der Waals surface area (Å²) in [5.41, 5.74) is 2.43. The van der Waals surface area contributed by atoms with Gasteiger partial charge < -0.3 is 15.0 Å². The Morgan fingerprint density at radius 3 is 1.67 bits per heavy atom. The highest BCUT2D eigenvalue weighted by Gasteiger charge is 2.27. The fraction of sp³-hybridized carbons (Fsp3) is 0.519. The summed E-state index contributed by atoms with van der Waals surface area (Å²) < 4.78 is 7.69. The van der Waals surface area contributed by atoms with Crippen LogP contribution in [0.1, 0.15) is 69.4 Å². The zero-order valence-electron chi connectivity index (χ0n) is 19.9. The van der Waals surface area contributed by atoms with E-state index in [0.717, 1.165) is 36.3 Å². The van der Waals surface area contributed by atoms with Crippen LogP contribution in [0.5, 0.6) is 0 Å². The van der Waals surface area contributed by atoms with E-state index in [9.17, 15) is 4.79 Å². The highest BCUT2D eigenvalue weighted by molar-refractivity contribution is 9.10. The minimum Gasteiger partial charge on any atom is -0.444 e. The zero-order valence-corrected chi connectivity index (χ0v) is 23.1. The first-order valence-electron chi connectivity index (χ1n) is 11.9. The number of piperidine rings is 2. The Morgan fingerprint density at radius 1 is 0.818 bits per heavy atom. The number of hydrogen-bond acceptors (Lipinski definition) is 3. The third-order valence-corrected chi connectivity index (χ3v) is 7.23. The maximum atomic E-state index is 12.0. The molecule has 2 aromatic rings. The summed E-state index contributed by atoms with van der Waals surface area (Å²) in [5.74, 6) is 1.32. The molecule has 1 N–H and O–H groups in total. The van der Waals surface area contributed by atoms with Gasteiger partial charge in [-0.25, -0.2) is 4.79 Å². The van der Waals surface area contributed by atoms with Crippen LogP contribution in [0.2, 0.25) is 0 Å². The van der Waals surface area contributed by atoms with Crippen molar-refractivity contribution in [1.82, 2.24) is 10.2 Å². The molecule has 0 saturated carbocycles. The predicted octanol–water partition coefficient (Wildman–Crippen LogP) is 7.48. The minimum absolute atomic E-state index is 0.188. The second-order valence-electron chi connectivity index (χ2n) is 9.87. The first-order valence-corrected chi connectivity index (χ1v) is 13.5. The van der Waals surface area contributed by atoms with E-state index in [1.54, 1.807) is 0 Å². The average Bonchev–Trinajstić information content (AvgIpc) is 2.80. The summed E-state index contributed by atoms with van der Waals surface area (Å²) in [4.78, 5) is 13.8. The lowest BCUT2D eigenvalue weighted by Crippen LogP contribution is -2.41. The molecule has 2 heterocycles. The smallest absolute Gasteiger partial charge is 0.410 e. The number of rotatable bonds is 2. The molecule has 2 aliphatic rings. The molecule has 4 rings (SSSR count). The first-order chi connectivity index (χ1) is 15.7. The Labute approximate surface area is 215 Å². The van der Waals surface area contributed by atoms with Crippen molar-refractivity contribution in [1.29, 1.82) is 0 Å². The molecule has 0 bridgehead atoms. The van der Waals surface area contributed by atoms with Crippen molar-refractivity contribution in [2.24, 2.45) is 0 Å². The second-order valence-corrected chi connectivity index (χ2v) is 11.7. The molecule has 2 saturated heterocycles. The van der Waals surface area contributed by atoms with Gasteiger partial charge in [-0.3, -0.25) is 0 Å². The quantitative estimate of drug-likeness (QED) is 0.401. The molecule has 0 aliphatic carbocycles. The van der Waals surface area contributed by atoms with Gasteiger partial charge in [-0.15, -0.1) is 0 Å². The minimum atomic E-state index is -0.417. The lowest BCUT2D eigenvalue weighted by atomic mass is 9.90. The number of amides is 1. The van der Waals surface area contributed by atoms with Crippen LogP contribution < -0.4 is 5.32 Å². The van der Waals surface area contributed by atoms with Gasteiger partial charge in [-0.1, -0.05) is 56.1 Å². The van der Waals surface area contributed by atoms with Crippen LogP contribution >= 0.6 is 31.9 Å². The van der Waals surface area contributed by atoms with Crippen molar-refractivity contribution in [3.63, 3.8) is 0 Å². The number of carbonyl (C=O) groups is 1. The van der Waals surface area contributed by atoms with Crippen LogP contribution in [0.15, 0.2) is 57.5 Å². The normalized spacial score (nSPS) is 17.8. The summed E-state index contributed by atoms with van der Waals surface area (Å²) in [6.07, 6.45) is 4.37. The number of carbonyl (C=O) groups excluding carboxylic acids is 1. The maximum absolute atomic E-state index is 12.0. The molecule has 4 nitrogen and oxygen atoms in total. The van der Waals surface area contributed by atoms with E-state index >= 15 is 0 Å². The number of nitrogens with zero attached hydrogens (tertiary/aromatic N) is 1. The number of halogens is 2. The predicted molar refractivity (Wildman–Crippen MR) is 143 cm³/mol. The van der Waals surface area contributed by atoms with Gasteiger partial charge in [0.2, 0.25) is 0 Å². The maximum Gasteiger partial charge on any atom is 0.410 e. The van der Waals surface area contributed by atoms with E-state index in [4.69, 9.17) is 4.74 Å².